The van der Waals surface area contributed by atoms with Crippen molar-refractivity contribution in [2.24, 2.45) is 0 Å². The second-order valence-corrected chi connectivity index (χ2v) is 6.28. The summed E-state index contributed by atoms with van der Waals surface area (Å²) in [5, 5.41) is 0. The van der Waals surface area contributed by atoms with Gasteiger partial charge in [0.15, 0.2) is 0 Å². The Hall–Kier alpha value is -1.64. The molecule has 118 valence electrons. The zero-order chi connectivity index (χ0) is 16.0. The van der Waals surface area contributed by atoms with Gasteiger partial charge in [0.1, 0.15) is 0 Å². The van der Waals surface area contributed by atoms with Crippen molar-refractivity contribution in [2.45, 2.75) is 11.8 Å². The van der Waals surface area contributed by atoms with Crippen LogP contribution >= 0.6 is 0 Å². The van der Waals surface area contributed by atoms with Gasteiger partial charge in [0.05, 0.1) is 17.6 Å². The van der Waals surface area contributed by atoms with Crippen LogP contribution in [-0.2, 0) is 14.8 Å². The van der Waals surface area contributed by atoms with E-state index in [9.17, 15) is 13.2 Å². The van der Waals surface area contributed by atoms with Crippen molar-refractivity contribution in [3.63, 3.8) is 0 Å². The number of nitrogens with two attached hydrogens (primary N) is 1. The highest BCUT2D eigenvalue weighted by atomic mass is 32.2. The number of methoxy groups -OCH3 is 1. The Kier molecular flexibility index (Phi) is 6.13. The molecular weight excluding hydrogens is 294 g/mol. The van der Waals surface area contributed by atoms with Crippen molar-refractivity contribution >= 4 is 21.7 Å². The third kappa shape index (κ3) is 4.69. The number of carbonyl (C=O) groups is 1. The number of nitrogens with one attached hydrogen (secondary N) is 1. The molecule has 0 radical (unpaired) electrons. The Morgan fingerprint density at radius 2 is 2.10 bits per heavy atom. The molecule has 1 rings (SSSR count). The molecule has 0 atom stereocenters. The molecule has 1 aromatic rings. The van der Waals surface area contributed by atoms with Gasteiger partial charge >= 0.3 is 5.97 Å². The third-order valence-electron chi connectivity index (χ3n) is 3.03. The first-order chi connectivity index (χ1) is 9.81. The summed E-state index contributed by atoms with van der Waals surface area (Å²) in [6.07, 6.45) is 0. The molecule has 3 N–H and O–H groups in total. The maximum atomic E-state index is 12.3. The van der Waals surface area contributed by atoms with Crippen molar-refractivity contribution in [1.29, 1.82) is 0 Å². The lowest BCUT2D eigenvalue weighted by Crippen LogP contribution is -2.33. The summed E-state index contributed by atoms with van der Waals surface area (Å²) >= 11 is 0. The van der Waals surface area contributed by atoms with Gasteiger partial charge in [-0.15, -0.1) is 0 Å². The lowest BCUT2D eigenvalue weighted by molar-refractivity contribution is 0.0596. The fraction of sp³-hybridized carbons (Fsp3) is 0.462. The molecule has 8 heteroatoms. The van der Waals surface area contributed by atoms with Gasteiger partial charge in [0, 0.05) is 18.8 Å². The highest BCUT2D eigenvalue weighted by molar-refractivity contribution is 7.89. The molecule has 0 aliphatic carbocycles. The topological polar surface area (TPSA) is 102 Å². The molecule has 0 aliphatic heterocycles. The number of carbonyl (C=O) groups excluding carboxylic acids is 1. The minimum absolute atomic E-state index is 0.0388. The number of ether oxygens (including phenoxy) is 1. The smallest absolute Gasteiger partial charge is 0.339 e. The summed E-state index contributed by atoms with van der Waals surface area (Å²) in [7, 11) is -0.753. The van der Waals surface area contributed by atoms with Gasteiger partial charge in [-0.25, -0.2) is 17.9 Å². The quantitative estimate of drug-likeness (QED) is 0.554. The van der Waals surface area contributed by atoms with Gasteiger partial charge in [-0.1, -0.05) is 6.92 Å². The number of nitrogens with zero attached hydrogens (tertiary/aromatic N) is 1. The highest BCUT2D eigenvalue weighted by Crippen LogP contribution is 2.19. The fourth-order valence-corrected chi connectivity index (χ4v) is 2.89. The van der Waals surface area contributed by atoms with Crippen LogP contribution in [0.2, 0.25) is 0 Å². The molecule has 0 aliphatic rings. The largest absolute Gasteiger partial charge is 0.465 e. The molecule has 0 unspecified atom stereocenters. The van der Waals surface area contributed by atoms with Crippen molar-refractivity contribution in [2.75, 3.05) is 39.5 Å². The predicted molar refractivity (Wildman–Crippen MR) is 80.6 cm³/mol. The molecule has 0 aromatic heterocycles. The second kappa shape index (κ2) is 7.39. The van der Waals surface area contributed by atoms with Crippen molar-refractivity contribution < 1.29 is 17.9 Å². The van der Waals surface area contributed by atoms with Crippen LogP contribution in [0.1, 0.15) is 17.3 Å². The molecule has 0 heterocycles. The van der Waals surface area contributed by atoms with E-state index in [1.165, 1.54) is 25.3 Å². The van der Waals surface area contributed by atoms with Gasteiger partial charge in [0.2, 0.25) is 10.0 Å². The van der Waals surface area contributed by atoms with Crippen molar-refractivity contribution in [1.82, 2.24) is 9.62 Å². The summed E-state index contributed by atoms with van der Waals surface area (Å²) < 4.78 is 31.7. The number of esters is 1. The first-order valence-electron chi connectivity index (χ1n) is 6.48. The number of rotatable bonds is 7. The van der Waals surface area contributed by atoms with Gasteiger partial charge < -0.3 is 15.4 Å². The molecule has 21 heavy (non-hydrogen) atoms. The summed E-state index contributed by atoms with van der Waals surface area (Å²) in [5.74, 6) is -0.721. The zero-order valence-corrected chi connectivity index (χ0v) is 13.2. The molecule has 0 spiro atoms. The first kappa shape index (κ1) is 17.4. The molecule has 7 nitrogen and oxygen atoms in total. The summed E-state index contributed by atoms with van der Waals surface area (Å²) in [6, 6.07) is 4.04. The Labute approximate surface area is 125 Å². The average molecular weight is 315 g/mol. The lowest BCUT2D eigenvalue weighted by Gasteiger charge is -2.15. The summed E-state index contributed by atoms with van der Waals surface area (Å²) in [5.41, 5.74) is 5.83. The minimum Gasteiger partial charge on any atom is -0.465 e. The molecule has 0 saturated heterocycles. The van der Waals surface area contributed by atoms with Crippen molar-refractivity contribution in [3.05, 3.63) is 23.8 Å². The van der Waals surface area contributed by atoms with Gasteiger partial charge in [-0.3, -0.25) is 0 Å². The predicted octanol–water partition coefficient (Wildman–Crippen LogP) is 0.285. The number of hydrogen-bond donors (Lipinski definition) is 2. The van der Waals surface area contributed by atoms with E-state index in [4.69, 9.17) is 5.73 Å². The number of nitrogen functional groups attached to an aromatic ring is 1. The summed E-state index contributed by atoms with van der Waals surface area (Å²) in [4.78, 5) is 13.4. The van der Waals surface area contributed by atoms with Crippen LogP contribution in [0, 0.1) is 0 Å². The zero-order valence-electron chi connectivity index (χ0n) is 12.4. The van der Waals surface area contributed by atoms with Crippen LogP contribution in [0.5, 0.6) is 0 Å². The number of hydrogen-bond acceptors (Lipinski definition) is 6. The van der Waals surface area contributed by atoms with Crippen LogP contribution in [0.15, 0.2) is 23.1 Å². The average Bonchev–Trinajstić information content (AvgIpc) is 2.45. The van der Waals surface area contributed by atoms with Gasteiger partial charge in [-0.05, 0) is 31.8 Å². The van der Waals surface area contributed by atoms with E-state index in [-0.39, 0.29) is 22.7 Å². The van der Waals surface area contributed by atoms with E-state index < -0.39 is 16.0 Å². The minimum atomic E-state index is -3.83. The van der Waals surface area contributed by atoms with E-state index >= 15 is 0 Å². The number of likely N-dealkylation sites (N-methyl/N-ethyl adjacent to an activating group) is 1. The molecule has 0 amide bonds. The Morgan fingerprint density at radius 3 is 2.67 bits per heavy atom. The van der Waals surface area contributed by atoms with E-state index in [1.54, 1.807) is 0 Å². The first-order valence-corrected chi connectivity index (χ1v) is 7.96. The highest BCUT2D eigenvalue weighted by Gasteiger charge is 2.23. The Balaban J connectivity index is 3.01. The summed E-state index contributed by atoms with van der Waals surface area (Å²) in [6.45, 7) is 3.59. The number of sulfonamides is 1. The Bertz CT molecular complexity index is 601. The Morgan fingerprint density at radius 1 is 1.43 bits per heavy atom. The number of anilines is 1. The maximum Gasteiger partial charge on any atom is 0.339 e. The third-order valence-corrected chi connectivity index (χ3v) is 4.53. The SMILES string of the molecule is CCN(C)CCNS(=O)(=O)c1cc(N)ccc1C(=O)OC. The van der Waals surface area contributed by atoms with Gasteiger partial charge in [-0.2, -0.15) is 0 Å². The van der Waals surface area contributed by atoms with Crippen LogP contribution < -0.4 is 10.5 Å². The molecule has 0 fully saturated rings. The number of benzene rings is 1. The van der Waals surface area contributed by atoms with E-state index in [0.29, 0.717) is 6.54 Å². The van der Waals surface area contributed by atoms with Crippen LogP contribution in [0.3, 0.4) is 0 Å². The van der Waals surface area contributed by atoms with E-state index in [2.05, 4.69) is 9.46 Å². The van der Waals surface area contributed by atoms with Gasteiger partial charge in [0.25, 0.3) is 0 Å². The van der Waals surface area contributed by atoms with Crippen molar-refractivity contribution in [3.8, 4) is 0 Å². The normalized spacial score (nSPS) is 11.6. The fourth-order valence-electron chi connectivity index (χ4n) is 1.65. The maximum absolute atomic E-state index is 12.3. The van der Waals surface area contributed by atoms with Crippen LogP contribution in [-0.4, -0.2) is 53.1 Å². The molecular formula is C13H21N3O4S. The molecule has 0 bridgehead atoms. The van der Waals surface area contributed by atoms with Crippen LogP contribution in [0.25, 0.3) is 0 Å². The standard InChI is InChI=1S/C13H21N3O4S/c1-4-16(2)8-7-15-21(18,19)12-9-10(14)5-6-11(12)13(17)20-3/h5-6,9,15H,4,7-8,14H2,1-3H3. The second-order valence-electron chi connectivity index (χ2n) is 4.54. The molecule has 0 saturated carbocycles. The monoisotopic (exact) mass is 315 g/mol. The molecule has 1 aromatic carbocycles. The van der Waals surface area contributed by atoms with E-state index in [0.717, 1.165) is 6.54 Å². The van der Waals surface area contributed by atoms with E-state index in [1.807, 2.05) is 18.9 Å². The van der Waals surface area contributed by atoms with Crippen LogP contribution in [0.4, 0.5) is 5.69 Å². The lowest BCUT2D eigenvalue weighted by atomic mass is 10.2.